The van der Waals surface area contributed by atoms with Crippen LogP contribution in [0.25, 0.3) is 11.0 Å². The molecule has 3 aromatic rings. The van der Waals surface area contributed by atoms with Gasteiger partial charge in [-0.25, -0.2) is 10.4 Å². The minimum atomic E-state index is -0.307. The van der Waals surface area contributed by atoms with Gasteiger partial charge in [-0.2, -0.15) is 5.10 Å². The number of aromatic amines is 1. The fraction of sp³-hybridized carbons (Fsp3) is 0.250. The molecule has 0 bridgehead atoms. The summed E-state index contributed by atoms with van der Waals surface area (Å²) >= 11 is 1.64. The number of imidazole rings is 1. The maximum atomic E-state index is 12.4. The largest absolute Gasteiger partial charge is 0.497 e. The molecule has 0 spiro atoms. The van der Waals surface area contributed by atoms with Gasteiger partial charge in [0.15, 0.2) is 5.16 Å². The second kappa shape index (κ2) is 8.79. The highest BCUT2D eigenvalue weighted by molar-refractivity contribution is 7.99. The summed E-state index contributed by atoms with van der Waals surface area (Å²) in [4.78, 5) is 20.1. The number of methoxy groups -OCH3 is 2. The van der Waals surface area contributed by atoms with E-state index in [-0.39, 0.29) is 5.91 Å². The maximum Gasteiger partial charge on any atom is 0.271 e. The van der Waals surface area contributed by atoms with Gasteiger partial charge >= 0.3 is 0 Å². The summed E-state index contributed by atoms with van der Waals surface area (Å²) in [7, 11) is 3.15. The number of rotatable bonds is 7. The van der Waals surface area contributed by atoms with Gasteiger partial charge in [-0.3, -0.25) is 4.79 Å². The molecule has 1 aromatic heterocycles. The van der Waals surface area contributed by atoms with Crippen LogP contribution in [0.3, 0.4) is 0 Å². The van der Waals surface area contributed by atoms with Gasteiger partial charge < -0.3 is 14.5 Å². The van der Waals surface area contributed by atoms with E-state index < -0.39 is 0 Å². The number of thioether (sulfide) groups is 1. The van der Waals surface area contributed by atoms with Crippen molar-refractivity contribution in [2.75, 3.05) is 14.2 Å². The van der Waals surface area contributed by atoms with Crippen molar-refractivity contribution in [2.45, 2.75) is 24.3 Å². The van der Waals surface area contributed by atoms with E-state index in [0.29, 0.717) is 22.3 Å². The van der Waals surface area contributed by atoms with Gasteiger partial charge in [0.1, 0.15) is 11.5 Å². The van der Waals surface area contributed by atoms with Crippen LogP contribution < -0.4 is 14.9 Å². The zero-order valence-corrected chi connectivity index (χ0v) is 17.0. The Morgan fingerprint density at radius 3 is 2.75 bits per heavy atom. The van der Waals surface area contributed by atoms with E-state index in [4.69, 9.17) is 9.47 Å². The van der Waals surface area contributed by atoms with Crippen molar-refractivity contribution in [1.29, 1.82) is 0 Å². The van der Waals surface area contributed by atoms with Gasteiger partial charge in [-0.05, 0) is 30.3 Å². The number of amides is 1. The molecule has 0 fully saturated rings. The molecule has 0 aliphatic rings. The summed E-state index contributed by atoms with van der Waals surface area (Å²) in [5, 5.41) is 5.30. The standard InChI is InChI=1S/C20H22N4O3S/c1-12(2)28-20-22-16-8-6-13(9-17(16)23-20)19(25)24-21-11-14-5-7-15(26-3)10-18(14)27-4/h5-12H,1-4H3,(H,22,23)(H,24,25)/b21-11-. The Bertz CT molecular complexity index is 1010. The summed E-state index contributed by atoms with van der Waals surface area (Å²) in [6.45, 7) is 4.21. The number of hydrogen-bond donors (Lipinski definition) is 2. The summed E-state index contributed by atoms with van der Waals surface area (Å²) in [5.41, 5.74) is 5.40. The van der Waals surface area contributed by atoms with Crippen LogP contribution in [-0.2, 0) is 0 Å². The van der Waals surface area contributed by atoms with E-state index in [0.717, 1.165) is 21.8 Å². The average molecular weight is 398 g/mol. The minimum Gasteiger partial charge on any atom is -0.497 e. The predicted octanol–water partition coefficient (Wildman–Crippen LogP) is 3.84. The molecule has 1 heterocycles. The number of aromatic nitrogens is 2. The number of carbonyl (C=O) groups is 1. The molecule has 0 aliphatic carbocycles. The third kappa shape index (κ3) is 4.64. The zero-order chi connectivity index (χ0) is 20.1. The van der Waals surface area contributed by atoms with Crippen LogP contribution >= 0.6 is 11.8 Å². The lowest BCUT2D eigenvalue weighted by atomic mass is 10.2. The number of H-pyrrole nitrogens is 1. The van der Waals surface area contributed by atoms with Gasteiger partial charge in [0, 0.05) is 22.4 Å². The van der Waals surface area contributed by atoms with Crippen LogP contribution in [0.2, 0.25) is 0 Å². The maximum absolute atomic E-state index is 12.4. The molecule has 2 aromatic carbocycles. The van der Waals surface area contributed by atoms with Crippen molar-refractivity contribution in [3.63, 3.8) is 0 Å². The number of benzene rings is 2. The highest BCUT2D eigenvalue weighted by Crippen LogP contribution is 2.24. The molecule has 8 heteroatoms. The predicted molar refractivity (Wildman–Crippen MR) is 112 cm³/mol. The molecule has 7 nitrogen and oxygen atoms in total. The quantitative estimate of drug-likeness (QED) is 0.359. The fourth-order valence-corrected chi connectivity index (χ4v) is 3.32. The molecule has 0 atom stereocenters. The Hall–Kier alpha value is -3.00. The van der Waals surface area contributed by atoms with Gasteiger partial charge in [0.2, 0.25) is 0 Å². The van der Waals surface area contributed by atoms with Crippen molar-refractivity contribution >= 4 is 34.9 Å². The lowest BCUT2D eigenvalue weighted by molar-refractivity contribution is 0.0955. The average Bonchev–Trinajstić information content (AvgIpc) is 3.08. The SMILES string of the molecule is COc1ccc(/C=N\NC(=O)c2ccc3nc(SC(C)C)[nH]c3c2)c(OC)c1. The Kier molecular flexibility index (Phi) is 6.20. The van der Waals surface area contributed by atoms with Crippen molar-refractivity contribution in [2.24, 2.45) is 5.10 Å². The first-order valence-corrected chi connectivity index (χ1v) is 9.60. The van der Waals surface area contributed by atoms with E-state index in [2.05, 4.69) is 34.3 Å². The van der Waals surface area contributed by atoms with Gasteiger partial charge in [-0.1, -0.05) is 25.6 Å². The first-order valence-electron chi connectivity index (χ1n) is 8.72. The van der Waals surface area contributed by atoms with E-state index in [1.54, 1.807) is 56.3 Å². The Morgan fingerprint density at radius 2 is 2.04 bits per heavy atom. The number of ether oxygens (including phenoxy) is 2. The Labute approximate surface area is 167 Å². The molecule has 28 heavy (non-hydrogen) atoms. The van der Waals surface area contributed by atoms with Crippen molar-refractivity contribution < 1.29 is 14.3 Å². The first-order chi connectivity index (χ1) is 13.5. The molecule has 0 unspecified atom stereocenters. The van der Waals surface area contributed by atoms with Gasteiger partial charge in [0.05, 0.1) is 31.5 Å². The summed E-state index contributed by atoms with van der Waals surface area (Å²) in [6.07, 6.45) is 1.53. The topological polar surface area (TPSA) is 88.6 Å². The van der Waals surface area contributed by atoms with Crippen LogP contribution in [0.1, 0.15) is 29.8 Å². The van der Waals surface area contributed by atoms with Gasteiger partial charge in [-0.15, -0.1) is 0 Å². The number of nitrogens with one attached hydrogen (secondary N) is 2. The normalized spacial score (nSPS) is 11.3. The van der Waals surface area contributed by atoms with Crippen LogP contribution in [0, 0.1) is 0 Å². The number of nitrogens with zero attached hydrogens (tertiary/aromatic N) is 2. The lowest BCUT2D eigenvalue weighted by Crippen LogP contribution is -2.17. The highest BCUT2D eigenvalue weighted by atomic mass is 32.2. The summed E-state index contributed by atoms with van der Waals surface area (Å²) < 4.78 is 10.5. The number of carbonyl (C=O) groups excluding carboxylic acids is 1. The van der Waals surface area contributed by atoms with E-state index in [1.807, 2.05) is 6.07 Å². The van der Waals surface area contributed by atoms with Crippen LogP contribution in [0.15, 0.2) is 46.7 Å². The van der Waals surface area contributed by atoms with Crippen molar-refractivity contribution in [3.8, 4) is 11.5 Å². The van der Waals surface area contributed by atoms with Crippen LogP contribution in [0.5, 0.6) is 11.5 Å². The fourth-order valence-electron chi connectivity index (χ4n) is 2.56. The molecular formula is C20H22N4O3S. The molecule has 0 saturated carbocycles. The number of hydrogen-bond acceptors (Lipinski definition) is 6. The molecule has 146 valence electrons. The van der Waals surface area contributed by atoms with Crippen LogP contribution in [0.4, 0.5) is 0 Å². The number of hydrazone groups is 1. The molecule has 2 N–H and O–H groups in total. The Morgan fingerprint density at radius 1 is 1.21 bits per heavy atom. The van der Waals surface area contributed by atoms with Crippen molar-refractivity contribution in [3.05, 3.63) is 47.5 Å². The number of fused-ring (bicyclic) bond motifs is 1. The van der Waals surface area contributed by atoms with E-state index >= 15 is 0 Å². The Balaban J connectivity index is 1.71. The van der Waals surface area contributed by atoms with Gasteiger partial charge in [0.25, 0.3) is 5.91 Å². The third-order valence-corrected chi connectivity index (χ3v) is 4.77. The molecular weight excluding hydrogens is 376 g/mol. The molecule has 1 amide bonds. The lowest BCUT2D eigenvalue weighted by Gasteiger charge is -2.07. The summed E-state index contributed by atoms with van der Waals surface area (Å²) in [6, 6.07) is 10.7. The molecule has 0 saturated heterocycles. The summed E-state index contributed by atoms with van der Waals surface area (Å²) in [5.74, 6) is 0.977. The molecule has 0 aliphatic heterocycles. The first kappa shape index (κ1) is 19.8. The smallest absolute Gasteiger partial charge is 0.271 e. The highest BCUT2D eigenvalue weighted by Gasteiger charge is 2.10. The van der Waals surface area contributed by atoms with Crippen LogP contribution in [-0.4, -0.2) is 41.6 Å². The molecule has 0 radical (unpaired) electrons. The monoisotopic (exact) mass is 398 g/mol. The van der Waals surface area contributed by atoms with E-state index in [9.17, 15) is 4.79 Å². The molecule has 3 rings (SSSR count). The van der Waals surface area contributed by atoms with E-state index in [1.165, 1.54) is 6.21 Å². The second-order valence-electron chi connectivity index (χ2n) is 6.25. The third-order valence-electron chi connectivity index (χ3n) is 3.88. The van der Waals surface area contributed by atoms with Crippen molar-refractivity contribution in [1.82, 2.24) is 15.4 Å². The zero-order valence-electron chi connectivity index (χ0n) is 16.1. The second-order valence-corrected chi connectivity index (χ2v) is 7.81. The minimum absolute atomic E-state index is 0.307.